The molecule has 0 aliphatic rings. The minimum absolute atomic E-state index is 0.0546. The zero-order valence-corrected chi connectivity index (χ0v) is 17.2. The smallest absolute Gasteiger partial charge is 0.269 e. The van der Waals surface area contributed by atoms with Crippen molar-refractivity contribution in [3.8, 4) is 10.6 Å². The van der Waals surface area contributed by atoms with E-state index in [1.54, 1.807) is 11.3 Å². The number of non-ortho nitro benzene ring substituents is 1. The number of para-hydroxylation sites is 1. The number of rotatable bonds is 4. The summed E-state index contributed by atoms with van der Waals surface area (Å²) < 4.78 is 2.10. The van der Waals surface area contributed by atoms with E-state index in [1.807, 2.05) is 42.5 Å². The quantitative estimate of drug-likeness (QED) is 0.220. The van der Waals surface area contributed by atoms with Crippen molar-refractivity contribution in [2.45, 2.75) is 0 Å². The van der Waals surface area contributed by atoms with Crippen LogP contribution in [0.15, 0.2) is 66.7 Å². The lowest BCUT2D eigenvalue weighted by atomic mass is 10.1. The maximum Gasteiger partial charge on any atom is 0.269 e. The minimum Gasteiger partial charge on any atom is -0.321 e. The second-order valence-electron chi connectivity index (χ2n) is 5.93. The average Bonchev–Trinajstić information content (AvgIpc) is 3.13. The molecule has 0 radical (unpaired) electrons. The van der Waals surface area contributed by atoms with Crippen LogP contribution in [0.1, 0.15) is 10.4 Å². The van der Waals surface area contributed by atoms with Crippen molar-refractivity contribution in [2.75, 3.05) is 5.32 Å². The number of benzene rings is 3. The van der Waals surface area contributed by atoms with E-state index in [1.165, 1.54) is 24.3 Å². The highest BCUT2D eigenvalue weighted by molar-refractivity contribution is 14.1. The third-order valence-electron chi connectivity index (χ3n) is 4.09. The number of nitro benzene ring substituents is 1. The molecule has 138 valence electrons. The number of anilines is 1. The number of nitrogens with zero attached hydrogens (tertiary/aromatic N) is 2. The Morgan fingerprint density at radius 3 is 2.54 bits per heavy atom. The lowest BCUT2D eigenvalue weighted by molar-refractivity contribution is -0.384. The maximum atomic E-state index is 12.6. The van der Waals surface area contributed by atoms with Gasteiger partial charge in [-0.2, -0.15) is 0 Å². The highest BCUT2D eigenvalue weighted by Crippen LogP contribution is 2.35. The van der Waals surface area contributed by atoms with Crippen LogP contribution in [0.4, 0.5) is 11.4 Å². The molecule has 28 heavy (non-hydrogen) atoms. The van der Waals surface area contributed by atoms with Crippen LogP contribution in [-0.4, -0.2) is 15.8 Å². The summed E-state index contributed by atoms with van der Waals surface area (Å²) in [6.45, 7) is 0. The van der Waals surface area contributed by atoms with Crippen LogP contribution in [-0.2, 0) is 0 Å². The molecule has 0 aliphatic carbocycles. The summed E-state index contributed by atoms with van der Waals surface area (Å²) in [5.41, 5.74) is 2.68. The second-order valence-corrected chi connectivity index (χ2v) is 8.21. The van der Waals surface area contributed by atoms with Crippen molar-refractivity contribution in [3.63, 3.8) is 0 Å². The molecule has 0 unspecified atom stereocenters. The molecule has 1 N–H and O–H groups in total. The molecule has 4 aromatic rings. The monoisotopic (exact) mass is 501 g/mol. The molecular formula is C20H12IN3O3S. The SMILES string of the molecule is O=C(Nc1ccc(I)cc1-c1nc2ccccc2s1)c1ccc([N+](=O)[O-])cc1. The van der Waals surface area contributed by atoms with Gasteiger partial charge in [-0.15, -0.1) is 11.3 Å². The fourth-order valence-corrected chi connectivity index (χ4v) is 4.21. The number of nitrogens with one attached hydrogen (secondary N) is 1. The molecule has 0 atom stereocenters. The van der Waals surface area contributed by atoms with E-state index >= 15 is 0 Å². The topological polar surface area (TPSA) is 85.1 Å². The van der Waals surface area contributed by atoms with Crippen molar-refractivity contribution in [1.82, 2.24) is 4.98 Å². The van der Waals surface area contributed by atoms with Gasteiger partial charge in [-0.3, -0.25) is 14.9 Å². The average molecular weight is 501 g/mol. The third kappa shape index (κ3) is 3.73. The van der Waals surface area contributed by atoms with E-state index in [-0.39, 0.29) is 11.6 Å². The molecule has 0 saturated heterocycles. The normalized spacial score (nSPS) is 10.8. The lowest BCUT2D eigenvalue weighted by Crippen LogP contribution is -2.12. The van der Waals surface area contributed by atoms with Crippen LogP contribution < -0.4 is 5.32 Å². The van der Waals surface area contributed by atoms with Gasteiger partial charge < -0.3 is 5.32 Å². The Bertz CT molecular complexity index is 1170. The second kappa shape index (κ2) is 7.64. The first-order chi connectivity index (χ1) is 13.5. The summed E-state index contributed by atoms with van der Waals surface area (Å²) in [6.07, 6.45) is 0. The lowest BCUT2D eigenvalue weighted by Gasteiger charge is -2.10. The molecule has 0 spiro atoms. The Labute approximate surface area is 177 Å². The zero-order chi connectivity index (χ0) is 19.7. The predicted molar refractivity (Wildman–Crippen MR) is 119 cm³/mol. The van der Waals surface area contributed by atoms with Crippen LogP contribution in [0.2, 0.25) is 0 Å². The molecule has 1 amide bonds. The fourth-order valence-electron chi connectivity index (χ4n) is 2.72. The summed E-state index contributed by atoms with van der Waals surface area (Å²) in [5.74, 6) is -0.335. The standard InChI is InChI=1S/C20H12IN3O3S/c21-13-7-10-16(22-19(25)12-5-8-14(9-6-12)24(26)27)15(11-13)20-23-17-3-1-2-4-18(17)28-20/h1-11H,(H,22,25). The van der Waals surface area contributed by atoms with Gasteiger partial charge in [0, 0.05) is 26.8 Å². The number of amides is 1. The van der Waals surface area contributed by atoms with Crippen LogP contribution in [0, 0.1) is 13.7 Å². The number of hydrogen-bond donors (Lipinski definition) is 1. The summed E-state index contributed by atoms with van der Waals surface area (Å²) in [6, 6.07) is 19.1. The molecule has 3 aromatic carbocycles. The predicted octanol–water partition coefficient (Wildman–Crippen LogP) is 5.73. The first-order valence-electron chi connectivity index (χ1n) is 8.22. The van der Waals surface area contributed by atoms with Gasteiger partial charge in [-0.05, 0) is 65.1 Å². The van der Waals surface area contributed by atoms with E-state index in [4.69, 9.17) is 0 Å². The summed E-state index contributed by atoms with van der Waals surface area (Å²) in [5, 5.41) is 14.5. The van der Waals surface area contributed by atoms with Gasteiger partial charge in [0.25, 0.3) is 11.6 Å². The number of carbonyl (C=O) groups is 1. The van der Waals surface area contributed by atoms with Gasteiger partial charge in [0.2, 0.25) is 0 Å². The van der Waals surface area contributed by atoms with Gasteiger partial charge in [0.1, 0.15) is 5.01 Å². The Hall–Kier alpha value is -2.85. The molecule has 0 saturated carbocycles. The molecule has 1 aromatic heterocycles. The first-order valence-corrected chi connectivity index (χ1v) is 10.1. The van der Waals surface area contributed by atoms with Gasteiger partial charge in [-0.25, -0.2) is 4.98 Å². The maximum absolute atomic E-state index is 12.6. The van der Waals surface area contributed by atoms with E-state index in [2.05, 4.69) is 32.9 Å². The van der Waals surface area contributed by atoms with Gasteiger partial charge in [-0.1, -0.05) is 12.1 Å². The Kier molecular flexibility index (Phi) is 5.05. The number of halogens is 1. The van der Waals surface area contributed by atoms with Crippen molar-refractivity contribution in [3.05, 3.63) is 86.0 Å². The van der Waals surface area contributed by atoms with Crippen LogP contribution in [0.3, 0.4) is 0 Å². The molecule has 1 heterocycles. The van der Waals surface area contributed by atoms with E-state index in [9.17, 15) is 14.9 Å². The van der Waals surface area contributed by atoms with Crippen LogP contribution >= 0.6 is 33.9 Å². The first kappa shape index (κ1) is 18.5. The largest absolute Gasteiger partial charge is 0.321 e. The van der Waals surface area contributed by atoms with Crippen molar-refractivity contribution in [1.29, 1.82) is 0 Å². The summed E-state index contributed by atoms with van der Waals surface area (Å²) in [4.78, 5) is 27.6. The molecule has 8 heteroatoms. The Balaban J connectivity index is 1.68. The minimum atomic E-state index is -0.494. The van der Waals surface area contributed by atoms with Gasteiger partial charge >= 0.3 is 0 Å². The number of carbonyl (C=O) groups excluding carboxylic acids is 1. The molecule has 0 aliphatic heterocycles. The number of hydrogen-bond acceptors (Lipinski definition) is 5. The van der Waals surface area contributed by atoms with Crippen LogP contribution in [0.5, 0.6) is 0 Å². The summed E-state index contributed by atoms with van der Waals surface area (Å²) in [7, 11) is 0. The molecular weight excluding hydrogens is 489 g/mol. The van der Waals surface area contributed by atoms with E-state index < -0.39 is 4.92 Å². The zero-order valence-electron chi connectivity index (χ0n) is 14.3. The molecule has 0 bridgehead atoms. The highest BCUT2D eigenvalue weighted by Gasteiger charge is 2.15. The molecule has 0 fully saturated rings. The fraction of sp³-hybridized carbons (Fsp3) is 0. The summed E-state index contributed by atoms with van der Waals surface area (Å²) >= 11 is 3.78. The van der Waals surface area contributed by atoms with E-state index in [0.717, 1.165) is 24.4 Å². The Morgan fingerprint density at radius 2 is 1.82 bits per heavy atom. The molecule has 4 rings (SSSR count). The number of thiazole rings is 1. The highest BCUT2D eigenvalue weighted by atomic mass is 127. The van der Waals surface area contributed by atoms with Crippen molar-refractivity contribution in [2.24, 2.45) is 0 Å². The number of nitro groups is 1. The number of aromatic nitrogens is 1. The molecule has 6 nitrogen and oxygen atoms in total. The van der Waals surface area contributed by atoms with E-state index in [0.29, 0.717) is 11.3 Å². The third-order valence-corrected chi connectivity index (χ3v) is 5.84. The van der Waals surface area contributed by atoms with Gasteiger partial charge in [0.05, 0.1) is 20.8 Å². The Morgan fingerprint density at radius 1 is 1.07 bits per heavy atom. The van der Waals surface area contributed by atoms with Crippen molar-refractivity contribution < 1.29 is 9.72 Å². The van der Waals surface area contributed by atoms with Crippen molar-refractivity contribution >= 4 is 61.4 Å². The van der Waals surface area contributed by atoms with Gasteiger partial charge in [0.15, 0.2) is 0 Å². The van der Waals surface area contributed by atoms with Crippen LogP contribution in [0.25, 0.3) is 20.8 Å². The number of fused-ring (bicyclic) bond motifs is 1.